The monoisotopic (exact) mass is 336 g/mol. The Hall–Kier alpha value is -1.63. The van der Waals surface area contributed by atoms with Gasteiger partial charge in [-0.05, 0) is 12.8 Å². The van der Waals surface area contributed by atoms with E-state index in [1.54, 1.807) is 0 Å². The zero-order chi connectivity index (χ0) is 18.2. The van der Waals surface area contributed by atoms with Gasteiger partial charge in [0.05, 0.1) is 12.6 Å². The third-order valence-corrected chi connectivity index (χ3v) is 3.11. The molecular weight excluding hydrogens is 312 g/mol. The number of Topliss-reactive ketones (excluding diaryl/α,β-unsaturated/α-hetero) is 2. The molecule has 0 radical (unpaired) electrons. The molecule has 0 aliphatic rings. The normalized spacial score (nSPS) is 17.7. The lowest BCUT2D eigenvalue weighted by atomic mass is 9.95. The molecule has 0 bridgehead atoms. The van der Waals surface area contributed by atoms with Crippen LogP contribution in [-0.4, -0.2) is 86.7 Å². The highest BCUT2D eigenvalue weighted by Gasteiger charge is 2.38. The van der Waals surface area contributed by atoms with Gasteiger partial charge in [0.15, 0.2) is 5.96 Å². The van der Waals surface area contributed by atoms with Crippen LogP contribution in [0.5, 0.6) is 0 Å². The molecule has 0 aliphatic carbocycles. The van der Waals surface area contributed by atoms with Crippen molar-refractivity contribution in [3.05, 3.63) is 0 Å². The van der Waals surface area contributed by atoms with E-state index >= 15 is 0 Å². The molecule has 11 heteroatoms. The zero-order valence-corrected chi connectivity index (χ0v) is 12.4. The second-order valence-electron chi connectivity index (χ2n) is 4.99. The molecule has 0 aromatic carbocycles. The molecular formula is C12H24N4O7. The van der Waals surface area contributed by atoms with Crippen LogP contribution in [0.2, 0.25) is 0 Å². The van der Waals surface area contributed by atoms with Crippen LogP contribution in [0.1, 0.15) is 12.8 Å². The number of rotatable bonds is 11. The first kappa shape index (κ1) is 21.4. The Morgan fingerprint density at radius 2 is 1.65 bits per heavy atom. The molecule has 0 aromatic heterocycles. The van der Waals surface area contributed by atoms with Crippen LogP contribution in [0.15, 0.2) is 0 Å². The number of aliphatic hydroxyl groups excluding tert-OH is 5. The Morgan fingerprint density at radius 1 is 1.09 bits per heavy atom. The maximum atomic E-state index is 11.8. The fourth-order valence-electron chi connectivity index (χ4n) is 1.68. The van der Waals surface area contributed by atoms with Crippen molar-refractivity contribution in [1.82, 2.24) is 5.32 Å². The van der Waals surface area contributed by atoms with Crippen molar-refractivity contribution in [2.24, 2.45) is 11.5 Å². The summed E-state index contributed by atoms with van der Waals surface area (Å²) in [7, 11) is 0. The van der Waals surface area contributed by atoms with Gasteiger partial charge in [-0.2, -0.15) is 0 Å². The molecule has 0 amide bonds. The van der Waals surface area contributed by atoms with Gasteiger partial charge in [0.2, 0.25) is 11.6 Å². The topological polar surface area (TPSA) is 223 Å². The highest BCUT2D eigenvalue weighted by Crippen LogP contribution is 2.08. The average molecular weight is 336 g/mol. The van der Waals surface area contributed by atoms with E-state index < -0.39 is 48.6 Å². The van der Waals surface area contributed by atoms with Crippen molar-refractivity contribution >= 4 is 17.5 Å². The molecule has 0 aromatic rings. The number of carbonyl (C=O) groups is 2. The predicted molar refractivity (Wildman–Crippen MR) is 78.3 cm³/mol. The van der Waals surface area contributed by atoms with Gasteiger partial charge in [-0.25, -0.2) is 0 Å². The lowest BCUT2D eigenvalue weighted by Crippen LogP contribution is -2.52. The summed E-state index contributed by atoms with van der Waals surface area (Å²) in [5, 5.41) is 55.7. The second kappa shape index (κ2) is 10.2. The first-order valence-electron chi connectivity index (χ1n) is 6.88. The fourth-order valence-corrected chi connectivity index (χ4v) is 1.68. The lowest BCUT2D eigenvalue weighted by Gasteiger charge is -2.25. The van der Waals surface area contributed by atoms with Gasteiger partial charge >= 0.3 is 0 Å². The van der Waals surface area contributed by atoms with Gasteiger partial charge in [0.1, 0.15) is 24.4 Å². The number of nitrogens with two attached hydrogens (primary N) is 2. The maximum absolute atomic E-state index is 11.8. The Bertz CT molecular complexity index is 420. The van der Waals surface area contributed by atoms with Gasteiger partial charge in [-0.3, -0.25) is 15.0 Å². The van der Waals surface area contributed by atoms with Crippen molar-refractivity contribution in [3.63, 3.8) is 0 Å². The Balaban J connectivity index is 4.50. The van der Waals surface area contributed by atoms with Gasteiger partial charge in [0, 0.05) is 6.54 Å². The van der Waals surface area contributed by atoms with E-state index in [2.05, 4.69) is 5.32 Å². The van der Waals surface area contributed by atoms with E-state index in [0.29, 0.717) is 6.42 Å². The Labute approximate surface area is 132 Å². The van der Waals surface area contributed by atoms with Crippen LogP contribution >= 0.6 is 0 Å². The SMILES string of the molecule is N=C(N)NCCCC(N)C(=O)C(=O)C(O)C(O)C(O)C(O)CO. The molecule has 5 unspecified atom stereocenters. The van der Waals surface area contributed by atoms with Crippen molar-refractivity contribution in [2.45, 2.75) is 43.3 Å². The number of nitrogens with one attached hydrogen (secondary N) is 2. The van der Waals surface area contributed by atoms with Crippen molar-refractivity contribution in [2.75, 3.05) is 13.2 Å². The molecule has 134 valence electrons. The van der Waals surface area contributed by atoms with E-state index in [1.165, 1.54) is 0 Å². The molecule has 0 aliphatic heterocycles. The second-order valence-corrected chi connectivity index (χ2v) is 4.99. The minimum atomic E-state index is -2.28. The molecule has 0 spiro atoms. The smallest absolute Gasteiger partial charge is 0.231 e. The minimum absolute atomic E-state index is 0.0650. The molecule has 11 N–H and O–H groups in total. The summed E-state index contributed by atoms with van der Waals surface area (Å²) in [6.07, 6.45) is -7.84. The number of hydrogen-bond acceptors (Lipinski definition) is 9. The summed E-state index contributed by atoms with van der Waals surface area (Å²) >= 11 is 0. The molecule has 11 nitrogen and oxygen atoms in total. The molecule has 0 fully saturated rings. The Morgan fingerprint density at radius 3 is 2.13 bits per heavy atom. The van der Waals surface area contributed by atoms with Crippen LogP contribution in [-0.2, 0) is 9.59 Å². The van der Waals surface area contributed by atoms with E-state index in [-0.39, 0.29) is 18.9 Å². The van der Waals surface area contributed by atoms with Gasteiger partial charge in [-0.1, -0.05) is 0 Å². The number of ketones is 2. The van der Waals surface area contributed by atoms with Crippen LogP contribution in [0.3, 0.4) is 0 Å². The van der Waals surface area contributed by atoms with E-state index in [9.17, 15) is 24.9 Å². The highest BCUT2D eigenvalue weighted by molar-refractivity contribution is 6.40. The highest BCUT2D eigenvalue weighted by atomic mass is 16.4. The van der Waals surface area contributed by atoms with Gasteiger partial charge < -0.3 is 42.3 Å². The zero-order valence-electron chi connectivity index (χ0n) is 12.4. The van der Waals surface area contributed by atoms with Crippen LogP contribution in [0, 0.1) is 5.41 Å². The predicted octanol–water partition coefficient (Wildman–Crippen LogP) is -4.85. The van der Waals surface area contributed by atoms with Gasteiger partial charge in [0.25, 0.3) is 0 Å². The van der Waals surface area contributed by atoms with E-state index in [4.69, 9.17) is 27.1 Å². The first-order chi connectivity index (χ1) is 10.6. The summed E-state index contributed by atoms with van der Waals surface area (Å²) in [5.41, 5.74) is 10.6. The van der Waals surface area contributed by atoms with Crippen molar-refractivity contribution in [1.29, 1.82) is 5.41 Å². The van der Waals surface area contributed by atoms with Crippen LogP contribution in [0.25, 0.3) is 0 Å². The lowest BCUT2D eigenvalue weighted by molar-refractivity contribution is -0.154. The number of aliphatic hydroxyl groups is 5. The molecule has 0 heterocycles. The summed E-state index contributed by atoms with van der Waals surface area (Å²) in [6, 6.07) is -1.24. The quantitative estimate of drug-likeness (QED) is 0.0756. The Kier molecular flexibility index (Phi) is 9.48. The standard InChI is InChI=1S/C12H24N4O7/c13-5(2-1-3-16-12(14)15)7(19)9(21)11(23)10(22)8(20)6(18)4-17/h5-6,8,10-11,17-18,20,22-23H,1-4,13H2,(H4,14,15,16). The molecule has 0 rings (SSSR count). The fraction of sp³-hybridized carbons (Fsp3) is 0.750. The maximum Gasteiger partial charge on any atom is 0.231 e. The number of hydrogen-bond donors (Lipinski definition) is 9. The van der Waals surface area contributed by atoms with E-state index in [0.717, 1.165) is 0 Å². The summed E-state index contributed by atoms with van der Waals surface area (Å²) < 4.78 is 0. The molecule has 0 saturated heterocycles. The van der Waals surface area contributed by atoms with Crippen molar-refractivity contribution in [3.8, 4) is 0 Å². The number of carbonyl (C=O) groups excluding carboxylic acids is 2. The molecule has 5 atom stereocenters. The molecule has 0 saturated carbocycles. The minimum Gasteiger partial charge on any atom is -0.394 e. The largest absolute Gasteiger partial charge is 0.394 e. The van der Waals surface area contributed by atoms with Gasteiger partial charge in [-0.15, -0.1) is 0 Å². The molecule has 23 heavy (non-hydrogen) atoms. The van der Waals surface area contributed by atoms with Crippen LogP contribution < -0.4 is 16.8 Å². The van der Waals surface area contributed by atoms with Crippen molar-refractivity contribution < 1.29 is 35.1 Å². The average Bonchev–Trinajstić information content (AvgIpc) is 2.53. The first-order valence-corrected chi connectivity index (χ1v) is 6.88. The third-order valence-electron chi connectivity index (χ3n) is 3.11. The van der Waals surface area contributed by atoms with E-state index in [1.807, 2.05) is 0 Å². The third kappa shape index (κ3) is 6.99. The number of guanidine groups is 1. The summed E-state index contributed by atoms with van der Waals surface area (Å²) in [4.78, 5) is 23.5. The van der Waals surface area contributed by atoms with Crippen LogP contribution in [0.4, 0.5) is 0 Å². The summed E-state index contributed by atoms with van der Waals surface area (Å²) in [6.45, 7) is -0.646. The summed E-state index contributed by atoms with van der Waals surface area (Å²) in [5.74, 6) is -2.81.